The van der Waals surface area contributed by atoms with Gasteiger partial charge in [-0.3, -0.25) is 15.1 Å². The van der Waals surface area contributed by atoms with Crippen LogP contribution in [-0.4, -0.2) is 9.91 Å². The predicted octanol–water partition coefficient (Wildman–Crippen LogP) is 2.97. The Hall–Kier alpha value is -2.23. The van der Waals surface area contributed by atoms with Gasteiger partial charge in [0.25, 0.3) is 5.69 Å². The van der Waals surface area contributed by atoms with Gasteiger partial charge in [-0.2, -0.15) is 0 Å². The first-order chi connectivity index (χ1) is 7.66. The Morgan fingerprint density at radius 1 is 1.12 bits per heavy atom. The molecule has 1 aromatic heterocycles. The molecule has 80 valence electrons. The maximum absolute atomic E-state index is 10.7. The average Bonchev–Trinajstić information content (AvgIpc) is 2.29. The van der Waals surface area contributed by atoms with Gasteiger partial charge in [0.1, 0.15) is 0 Å². The second kappa shape index (κ2) is 4.10. The maximum atomic E-state index is 10.7. The lowest BCUT2D eigenvalue weighted by Crippen LogP contribution is -1.90. The molecule has 0 amide bonds. The number of aryl methyl sites for hydroxylation is 1. The molecule has 0 N–H and O–H groups in total. The molecule has 2 rings (SSSR count). The van der Waals surface area contributed by atoms with Crippen LogP contribution in [-0.2, 0) is 0 Å². The van der Waals surface area contributed by atoms with Crippen LogP contribution in [0, 0.1) is 17.0 Å². The number of hydrogen-bond acceptors (Lipinski definition) is 3. The topological polar surface area (TPSA) is 56.0 Å². The van der Waals surface area contributed by atoms with Crippen molar-refractivity contribution in [2.75, 3.05) is 0 Å². The third kappa shape index (κ3) is 2.06. The van der Waals surface area contributed by atoms with Gasteiger partial charge >= 0.3 is 0 Å². The first kappa shape index (κ1) is 10.3. The quantitative estimate of drug-likeness (QED) is 0.570. The first-order valence-electron chi connectivity index (χ1n) is 4.83. The van der Waals surface area contributed by atoms with Crippen molar-refractivity contribution >= 4 is 5.69 Å². The first-order valence-corrected chi connectivity index (χ1v) is 4.83. The number of pyridine rings is 1. The number of rotatable bonds is 2. The van der Waals surface area contributed by atoms with Crippen LogP contribution in [0.25, 0.3) is 11.1 Å². The fourth-order valence-corrected chi connectivity index (χ4v) is 1.58. The van der Waals surface area contributed by atoms with Gasteiger partial charge in [0, 0.05) is 24.5 Å². The minimum Gasteiger partial charge on any atom is -0.265 e. The number of nitrogens with zero attached hydrogens (tertiary/aromatic N) is 2. The van der Waals surface area contributed by atoms with E-state index in [1.165, 1.54) is 0 Å². The zero-order chi connectivity index (χ0) is 11.5. The number of nitro groups is 1. The molecule has 0 bridgehead atoms. The van der Waals surface area contributed by atoms with Crippen molar-refractivity contribution in [3.05, 3.63) is 58.4 Å². The Kier molecular flexibility index (Phi) is 2.64. The number of nitro benzene ring substituents is 1. The van der Waals surface area contributed by atoms with Crippen molar-refractivity contribution in [1.29, 1.82) is 0 Å². The smallest absolute Gasteiger partial charge is 0.265 e. The van der Waals surface area contributed by atoms with E-state index in [0.717, 1.165) is 16.7 Å². The third-order valence-corrected chi connectivity index (χ3v) is 2.29. The van der Waals surface area contributed by atoms with Gasteiger partial charge < -0.3 is 0 Å². The fourth-order valence-electron chi connectivity index (χ4n) is 1.58. The molecular formula is C12H10N2O2. The molecule has 0 aliphatic heterocycles. The molecular weight excluding hydrogens is 204 g/mol. The van der Waals surface area contributed by atoms with Gasteiger partial charge in [0.2, 0.25) is 0 Å². The summed E-state index contributed by atoms with van der Waals surface area (Å²) in [4.78, 5) is 14.3. The summed E-state index contributed by atoms with van der Waals surface area (Å²) in [5.74, 6) is 0. The molecule has 0 saturated carbocycles. The molecule has 0 aliphatic rings. The lowest BCUT2D eigenvalue weighted by molar-refractivity contribution is -0.384. The number of hydrogen-bond donors (Lipinski definition) is 0. The van der Waals surface area contributed by atoms with Crippen molar-refractivity contribution in [3.63, 3.8) is 0 Å². The Morgan fingerprint density at radius 3 is 2.44 bits per heavy atom. The summed E-state index contributed by atoms with van der Waals surface area (Å²) in [5, 5.41) is 10.7. The van der Waals surface area contributed by atoms with Crippen LogP contribution in [0.5, 0.6) is 0 Å². The lowest BCUT2D eigenvalue weighted by atomic mass is 10.0. The Morgan fingerprint density at radius 2 is 1.81 bits per heavy atom. The highest BCUT2D eigenvalue weighted by Crippen LogP contribution is 2.25. The van der Waals surface area contributed by atoms with E-state index in [1.807, 2.05) is 25.1 Å². The molecule has 4 nitrogen and oxygen atoms in total. The summed E-state index contributed by atoms with van der Waals surface area (Å²) in [7, 11) is 0. The van der Waals surface area contributed by atoms with Crippen molar-refractivity contribution in [2.24, 2.45) is 0 Å². The third-order valence-electron chi connectivity index (χ3n) is 2.29. The van der Waals surface area contributed by atoms with Crippen molar-refractivity contribution < 1.29 is 4.92 Å². The highest BCUT2D eigenvalue weighted by atomic mass is 16.6. The summed E-state index contributed by atoms with van der Waals surface area (Å²) in [6.45, 7) is 1.84. The normalized spacial score (nSPS) is 10.1. The number of benzene rings is 1. The molecule has 2 aromatic rings. The van der Waals surface area contributed by atoms with Crippen LogP contribution in [0.15, 0.2) is 42.7 Å². The minimum absolute atomic E-state index is 0.117. The Balaban J connectivity index is 2.54. The summed E-state index contributed by atoms with van der Waals surface area (Å²) < 4.78 is 0. The van der Waals surface area contributed by atoms with E-state index in [1.54, 1.807) is 24.5 Å². The van der Waals surface area contributed by atoms with Gasteiger partial charge in [-0.05, 0) is 35.7 Å². The molecule has 0 atom stereocenters. The van der Waals surface area contributed by atoms with E-state index < -0.39 is 0 Å². The molecule has 0 aliphatic carbocycles. The second-order valence-corrected chi connectivity index (χ2v) is 3.55. The van der Waals surface area contributed by atoms with Gasteiger partial charge in [-0.1, -0.05) is 6.07 Å². The zero-order valence-corrected chi connectivity index (χ0v) is 8.75. The van der Waals surface area contributed by atoms with Crippen LogP contribution in [0.4, 0.5) is 5.69 Å². The molecule has 0 spiro atoms. The summed E-state index contributed by atoms with van der Waals surface area (Å²) in [5.41, 5.74) is 2.77. The average molecular weight is 214 g/mol. The summed E-state index contributed by atoms with van der Waals surface area (Å²) in [6.07, 6.45) is 3.34. The van der Waals surface area contributed by atoms with E-state index in [0.29, 0.717) is 0 Å². The van der Waals surface area contributed by atoms with Crippen molar-refractivity contribution in [3.8, 4) is 11.1 Å². The summed E-state index contributed by atoms with van der Waals surface area (Å²) >= 11 is 0. The lowest BCUT2D eigenvalue weighted by Gasteiger charge is -2.02. The molecule has 4 heteroatoms. The van der Waals surface area contributed by atoms with Crippen molar-refractivity contribution in [1.82, 2.24) is 4.98 Å². The molecule has 0 fully saturated rings. The fraction of sp³-hybridized carbons (Fsp3) is 0.0833. The summed E-state index contributed by atoms with van der Waals surface area (Å²) in [6, 6.07) is 8.71. The van der Waals surface area contributed by atoms with Gasteiger partial charge in [-0.15, -0.1) is 0 Å². The van der Waals surface area contributed by atoms with Crippen LogP contribution >= 0.6 is 0 Å². The molecule has 16 heavy (non-hydrogen) atoms. The van der Waals surface area contributed by atoms with E-state index >= 15 is 0 Å². The second-order valence-electron chi connectivity index (χ2n) is 3.55. The molecule has 0 saturated heterocycles. The van der Waals surface area contributed by atoms with E-state index in [9.17, 15) is 10.1 Å². The SMILES string of the molecule is Cc1cc(-c2ccncc2)cc([N+](=O)[O-])c1. The van der Waals surface area contributed by atoms with Crippen LogP contribution in [0.3, 0.4) is 0 Å². The molecule has 1 heterocycles. The minimum atomic E-state index is -0.377. The Labute approximate surface area is 92.7 Å². The van der Waals surface area contributed by atoms with E-state index in [4.69, 9.17) is 0 Å². The van der Waals surface area contributed by atoms with E-state index in [-0.39, 0.29) is 10.6 Å². The monoisotopic (exact) mass is 214 g/mol. The van der Waals surface area contributed by atoms with Gasteiger partial charge in [-0.25, -0.2) is 0 Å². The van der Waals surface area contributed by atoms with E-state index in [2.05, 4.69) is 4.98 Å². The predicted molar refractivity (Wildman–Crippen MR) is 61.1 cm³/mol. The number of non-ortho nitro benzene ring substituents is 1. The van der Waals surface area contributed by atoms with Gasteiger partial charge in [0.15, 0.2) is 0 Å². The van der Waals surface area contributed by atoms with Crippen LogP contribution in [0.1, 0.15) is 5.56 Å². The zero-order valence-electron chi connectivity index (χ0n) is 8.75. The van der Waals surface area contributed by atoms with Crippen LogP contribution < -0.4 is 0 Å². The highest BCUT2D eigenvalue weighted by Gasteiger charge is 2.08. The van der Waals surface area contributed by atoms with Crippen LogP contribution in [0.2, 0.25) is 0 Å². The molecule has 0 radical (unpaired) electrons. The highest BCUT2D eigenvalue weighted by molar-refractivity contribution is 5.66. The molecule has 1 aromatic carbocycles. The van der Waals surface area contributed by atoms with Crippen molar-refractivity contribution in [2.45, 2.75) is 6.92 Å². The number of aromatic nitrogens is 1. The largest absolute Gasteiger partial charge is 0.270 e. The Bertz CT molecular complexity index is 524. The maximum Gasteiger partial charge on any atom is 0.270 e. The van der Waals surface area contributed by atoms with Gasteiger partial charge in [0.05, 0.1) is 4.92 Å². The molecule has 0 unspecified atom stereocenters. The standard InChI is InChI=1S/C12H10N2O2/c1-9-6-11(8-12(7-9)14(15)16)10-2-4-13-5-3-10/h2-8H,1H3.